The molecular formula is C15H12F3N3OS. The third kappa shape index (κ3) is 4.29. The molecule has 0 saturated heterocycles. The van der Waals surface area contributed by atoms with Gasteiger partial charge in [-0.25, -0.2) is 4.98 Å². The molecule has 23 heavy (non-hydrogen) atoms. The van der Waals surface area contributed by atoms with Crippen molar-refractivity contribution in [2.75, 3.05) is 11.9 Å². The highest BCUT2D eigenvalue weighted by molar-refractivity contribution is 7.09. The van der Waals surface area contributed by atoms with E-state index in [9.17, 15) is 18.0 Å². The summed E-state index contributed by atoms with van der Waals surface area (Å²) < 4.78 is 37.4. The fourth-order valence-corrected chi connectivity index (χ4v) is 2.67. The molecule has 0 radical (unpaired) electrons. The quantitative estimate of drug-likeness (QED) is 0.839. The van der Waals surface area contributed by atoms with E-state index in [1.807, 2.05) is 6.07 Å². The van der Waals surface area contributed by atoms with Crippen LogP contribution in [-0.4, -0.2) is 17.3 Å². The molecule has 0 fully saturated rings. The summed E-state index contributed by atoms with van der Waals surface area (Å²) in [5, 5.41) is 13.3. The maximum atomic E-state index is 12.5. The molecule has 0 saturated carbocycles. The van der Waals surface area contributed by atoms with Crippen LogP contribution < -0.4 is 5.32 Å². The Bertz CT molecular complexity index is 762. The molecule has 1 heterocycles. The molecule has 1 aromatic heterocycles. The summed E-state index contributed by atoms with van der Waals surface area (Å²) >= 11 is 0.939. The van der Waals surface area contributed by atoms with Gasteiger partial charge in [-0.2, -0.15) is 18.4 Å². The average Bonchev–Trinajstić information content (AvgIpc) is 2.96. The molecule has 0 unspecified atom stereocenters. The number of nitrogens with one attached hydrogen (secondary N) is 1. The van der Waals surface area contributed by atoms with Crippen LogP contribution in [0.3, 0.4) is 0 Å². The van der Waals surface area contributed by atoms with Crippen molar-refractivity contribution in [2.24, 2.45) is 0 Å². The Balaban J connectivity index is 2.04. The summed E-state index contributed by atoms with van der Waals surface area (Å²) in [6, 6.07) is 6.65. The normalized spacial score (nSPS) is 11.1. The highest BCUT2D eigenvalue weighted by Crippen LogP contribution is 2.30. The van der Waals surface area contributed by atoms with Crippen LogP contribution in [-0.2, 0) is 12.6 Å². The Morgan fingerprint density at radius 3 is 2.74 bits per heavy atom. The smallest absolute Gasteiger partial charge is 0.384 e. The second kappa shape index (κ2) is 6.79. The molecule has 1 aromatic carbocycles. The van der Waals surface area contributed by atoms with Crippen molar-refractivity contribution < 1.29 is 18.0 Å². The monoisotopic (exact) mass is 339 g/mol. The zero-order valence-electron chi connectivity index (χ0n) is 12.1. The van der Waals surface area contributed by atoms with Gasteiger partial charge in [0.25, 0.3) is 0 Å². The number of hydrogen-bond donors (Lipinski definition) is 1. The topological polar surface area (TPSA) is 65.8 Å². The maximum absolute atomic E-state index is 12.5. The minimum atomic E-state index is -4.44. The molecule has 2 aromatic rings. The van der Waals surface area contributed by atoms with E-state index in [0.717, 1.165) is 16.7 Å². The molecule has 0 bridgehead atoms. The second-order valence-electron chi connectivity index (χ2n) is 4.73. The fourth-order valence-electron chi connectivity index (χ4n) is 1.87. The Kier molecular flexibility index (Phi) is 5.01. The van der Waals surface area contributed by atoms with Gasteiger partial charge in [0.05, 0.1) is 16.3 Å². The molecular weight excluding hydrogens is 327 g/mol. The number of halogens is 3. The molecule has 1 N–H and O–H groups in total. The van der Waals surface area contributed by atoms with Crippen LogP contribution >= 0.6 is 11.3 Å². The van der Waals surface area contributed by atoms with Crippen LogP contribution in [0.15, 0.2) is 23.6 Å². The Labute approximate surface area is 134 Å². The zero-order chi connectivity index (χ0) is 17.0. The van der Waals surface area contributed by atoms with Crippen LogP contribution in [0.5, 0.6) is 0 Å². The predicted octanol–water partition coefficient (Wildman–Crippen LogP) is 3.89. The molecule has 0 amide bonds. The Morgan fingerprint density at radius 2 is 2.17 bits per heavy atom. The molecule has 4 nitrogen and oxygen atoms in total. The van der Waals surface area contributed by atoms with Gasteiger partial charge in [0, 0.05) is 23.9 Å². The lowest BCUT2D eigenvalue weighted by atomic mass is 10.1. The first kappa shape index (κ1) is 17.0. The Morgan fingerprint density at radius 1 is 1.43 bits per heavy atom. The lowest BCUT2D eigenvalue weighted by Gasteiger charge is -2.08. The lowest BCUT2D eigenvalue weighted by Crippen LogP contribution is -2.09. The summed E-state index contributed by atoms with van der Waals surface area (Å²) in [6.45, 7) is 1.72. The van der Waals surface area contributed by atoms with Gasteiger partial charge in [0.15, 0.2) is 11.5 Å². The van der Waals surface area contributed by atoms with Gasteiger partial charge in [0.1, 0.15) is 6.07 Å². The molecule has 0 atom stereocenters. The van der Waals surface area contributed by atoms with Crippen LogP contribution in [0, 0.1) is 11.3 Å². The number of alkyl halides is 3. The van der Waals surface area contributed by atoms with Crippen molar-refractivity contribution in [1.82, 2.24) is 4.98 Å². The lowest BCUT2D eigenvalue weighted by molar-refractivity contribution is -0.140. The number of nitrogens with zero attached hydrogens (tertiary/aromatic N) is 2. The molecule has 120 valence electrons. The number of aromatic nitrogens is 1. The van der Waals surface area contributed by atoms with Crippen molar-refractivity contribution in [3.05, 3.63) is 45.4 Å². The number of carbonyl (C=O) groups is 1. The molecule has 0 aliphatic heterocycles. The number of benzene rings is 1. The minimum absolute atomic E-state index is 0.132. The SMILES string of the molecule is CC(=O)c1ccc(C#N)c(NCCc2nc(C(F)(F)F)cs2)c1. The van der Waals surface area contributed by atoms with Gasteiger partial charge in [0.2, 0.25) is 0 Å². The molecule has 0 spiro atoms. The van der Waals surface area contributed by atoms with Gasteiger partial charge in [-0.1, -0.05) is 0 Å². The Hall–Kier alpha value is -2.40. The minimum Gasteiger partial charge on any atom is -0.384 e. The number of rotatable bonds is 5. The molecule has 2 rings (SSSR count). The first-order valence-corrected chi connectivity index (χ1v) is 7.50. The first-order chi connectivity index (χ1) is 10.8. The standard InChI is InChI=1S/C15H12F3N3OS/c1-9(22)10-2-3-11(7-19)12(6-10)20-5-4-14-21-13(8-23-14)15(16,17)18/h2-3,6,8,20H,4-5H2,1H3. The number of nitriles is 1. The average molecular weight is 339 g/mol. The van der Waals surface area contributed by atoms with Crippen LogP contribution in [0.1, 0.15) is 33.5 Å². The van der Waals surface area contributed by atoms with Crippen molar-refractivity contribution in [2.45, 2.75) is 19.5 Å². The van der Waals surface area contributed by atoms with Gasteiger partial charge >= 0.3 is 6.18 Å². The van der Waals surface area contributed by atoms with Gasteiger partial charge in [-0.3, -0.25) is 4.79 Å². The molecule has 8 heteroatoms. The van der Waals surface area contributed by atoms with Crippen LogP contribution in [0.2, 0.25) is 0 Å². The van der Waals surface area contributed by atoms with E-state index >= 15 is 0 Å². The summed E-state index contributed by atoms with van der Waals surface area (Å²) in [7, 11) is 0. The van der Waals surface area contributed by atoms with E-state index in [0.29, 0.717) is 28.4 Å². The molecule has 0 aliphatic rings. The van der Waals surface area contributed by atoms with E-state index in [1.54, 1.807) is 12.1 Å². The van der Waals surface area contributed by atoms with Crippen molar-refractivity contribution >= 4 is 22.8 Å². The first-order valence-electron chi connectivity index (χ1n) is 6.62. The van der Waals surface area contributed by atoms with Crippen LogP contribution in [0.4, 0.5) is 18.9 Å². The van der Waals surface area contributed by atoms with E-state index < -0.39 is 11.9 Å². The zero-order valence-corrected chi connectivity index (χ0v) is 12.9. The van der Waals surface area contributed by atoms with Crippen molar-refractivity contribution in [1.29, 1.82) is 5.26 Å². The third-order valence-corrected chi connectivity index (χ3v) is 3.95. The summed E-state index contributed by atoms with van der Waals surface area (Å²) in [6.07, 6.45) is -4.15. The summed E-state index contributed by atoms with van der Waals surface area (Å²) in [4.78, 5) is 14.9. The van der Waals surface area contributed by atoms with E-state index in [1.165, 1.54) is 13.0 Å². The summed E-state index contributed by atoms with van der Waals surface area (Å²) in [5.74, 6) is -0.132. The van der Waals surface area contributed by atoms with Crippen molar-refractivity contribution in [3.8, 4) is 6.07 Å². The number of Topliss-reactive ketones (excluding diaryl/α,β-unsaturated/α-hetero) is 1. The largest absolute Gasteiger partial charge is 0.434 e. The van der Waals surface area contributed by atoms with Gasteiger partial charge in [-0.15, -0.1) is 11.3 Å². The number of carbonyl (C=O) groups excluding carboxylic acids is 1. The van der Waals surface area contributed by atoms with Crippen molar-refractivity contribution in [3.63, 3.8) is 0 Å². The van der Waals surface area contributed by atoms with E-state index in [-0.39, 0.29) is 12.2 Å². The number of thiazole rings is 1. The summed E-state index contributed by atoms with van der Waals surface area (Å²) in [5.41, 5.74) is 0.409. The number of hydrogen-bond acceptors (Lipinski definition) is 5. The number of anilines is 1. The van der Waals surface area contributed by atoms with Crippen LogP contribution in [0.25, 0.3) is 0 Å². The third-order valence-electron chi connectivity index (χ3n) is 3.04. The maximum Gasteiger partial charge on any atom is 0.434 e. The van der Waals surface area contributed by atoms with E-state index in [2.05, 4.69) is 10.3 Å². The second-order valence-corrected chi connectivity index (χ2v) is 5.67. The molecule has 0 aliphatic carbocycles. The highest BCUT2D eigenvalue weighted by Gasteiger charge is 2.33. The van der Waals surface area contributed by atoms with Gasteiger partial charge in [-0.05, 0) is 25.1 Å². The number of ketones is 1. The fraction of sp³-hybridized carbons (Fsp3) is 0.267. The highest BCUT2D eigenvalue weighted by atomic mass is 32.1. The van der Waals surface area contributed by atoms with E-state index in [4.69, 9.17) is 5.26 Å². The van der Waals surface area contributed by atoms with Gasteiger partial charge < -0.3 is 5.32 Å². The predicted molar refractivity (Wildman–Crippen MR) is 80.5 cm³/mol.